The molecule has 0 saturated heterocycles. The predicted molar refractivity (Wildman–Crippen MR) is 147 cm³/mol. The number of nitrogens with one attached hydrogen (secondary N) is 2. The number of hydrogen-bond donors (Lipinski definition) is 6. The minimum absolute atomic E-state index is 0.0459. The smallest absolute Gasteiger partial charge is 0.475 e. The molecule has 1 amide bonds. The summed E-state index contributed by atoms with van der Waals surface area (Å²) in [4.78, 5) is 21.2. The van der Waals surface area contributed by atoms with Crippen LogP contribution in [-0.4, -0.2) is 51.9 Å². The molecule has 3 rings (SSSR count). The van der Waals surface area contributed by atoms with Gasteiger partial charge < -0.3 is 16.6 Å². The molecule has 3 aromatic rings. The van der Waals surface area contributed by atoms with E-state index in [0.717, 1.165) is 0 Å². The molecule has 0 aliphatic carbocycles. The second kappa shape index (κ2) is 13.6. The van der Waals surface area contributed by atoms with E-state index in [4.69, 9.17) is 31.9 Å². The van der Waals surface area contributed by atoms with Gasteiger partial charge in [-0.1, -0.05) is 60.7 Å². The van der Waals surface area contributed by atoms with Crippen molar-refractivity contribution < 1.29 is 44.7 Å². The van der Waals surface area contributed by atoms with Crippen LogP contribution in [0.15, 0.2) is 77.7 Å². The number of halogens is 3. The molecule has 12 nitrogen and oxygen atoms in total. The summed E-state index contributed by atoms with van der Waals surface area (Å²) in [5.74, 6) is -4.24. The fourth-order valence-electron chi connectivity index (χ4n) is 3.43. The molecule has 0 aliphatic heterocycles. The van der Waals surface area contributed by atoms with Gasteiger partial charge in [0.25, 0.3) is 5.91 Å². The summed E-state index contributed by atoms with van der Waals surface area (Å²) in [6.45, 7) is 0. The number of carbonyl (C=O) groups is 2. The van der Waals surface area contributed by atoms with Crippen LogP contribution >= 0.6 is 0 Å². The third kappa shape index (κ3) is 10.3. The summed E-state index contributed by atoms with van der Waals surface area (Å²) < 4.78 is 82.4. The standard InChI is InChI=1S/C23H25N5O5S2.C2HF3O2/c24-20(13-16-4-3-5-18(12-16)22(25)26)23(29)28-34(30,31)14-15-8-10-17(11-9-15)19-6-1-2-7-21(19)35(27,32)33;3-2(4,5)1(6)7/h1-12,20H,13-14,24H2,(H3,25,26)(H,28,29)(H2,27,32,33);(H,6,7)/t20-;/m0./s1. The summed E-state index contributed by atoms with van der Waals surface area (Å²) >= 11 is 0. The minimum atomic E-state index is -5.08. The number of benzene rings is 3. The lowest BCUT2D eigenvalue weighted by Gasteiger charge is -2.14. The molecular weight excluding hydrogens is 603 g/mol. The van der Waals surface area contributed by atoms with E-state index in [2.05, 4.69) is 0 Å². The van der Waals surface area contributed by atoms with Crippen LogP contribution in [0.4, 0.5) is 13.2 Å². The molecule has 0 aliphatic rings. The van der Waals surface area contributed by atoms with Crippen molar-refractivity contribution in [3.05, 3.63) is 89.5 Å². The molecular formula is C25H26F3N5O7S2. The van der Waals surface area contributed by atoms with Crippen molar-refractivity contribution in [2.75, 3.05) is 0 Å². The first-order chi connectivity index (χ1) is 19.3. The second-order valence-corrected chi connectivity index (χ2v) is 11.9. The van der Waals surface area contributed by atoms with Crippen molar-refractivity contribution in [3.8, 4) is 11.1 Å². The Morgan fingerprint density at radius 1 is 0.929 bits per heavy atom. The first-order valence-corrected chi connectivity index (χ1v) is 14.7. The molecule has 0 saturated carbocycles. The van der Waals surface area contributed by atoms with Crippen molar-refractivity contribution in [1.29, 1.82) is 5.41 Å². The molecule has 0 radical (unpaired) electrons. The SMILES string of the molecule is N=C(N)c1cccc(C[C@H](N)C(=O)NS(=O)(=O)Cc2ccc(-c3ccccc3S(N)(=O)=O)cc2)c1.O=C(O)C(F)(F)F. The topological polar surface area (TPSA) is 237 Å². The first kappa shape index (κ1) is 33.9. The van der Waals surface area contributed by atoms with Crippen LogP contribution < -0.4 is 21.3 Å². The van der Waals surface area contributed by atoms with Gasteiger partial charge in [0.15, 0.2) is 0 Å². The first-order valence-electron chi connectivity index (χ1n) is 11.5. The highest BCUT2D eigenvalue weighted by Gasteiger charge is 2.38. The van der Waals surface area contributed by atoms with E-state index >= 15 is 0 Å². The molecule has 0 aromatic heterocycles. The van der Waals surface area contributed by atoms with Crippen molar-refractivity contribution in [2.24, 2.45) is 16.6 Å². The fourth-order valence-corrected chi connectivity index (χ4v) is 5.35. The number of sulfonamides is 2. The van der Waals surface area contributed by atoms with Gasteiger partial charge in [-0.2, -0.15) is 13.2 Å². The maximum absolute atomic E-state index is 12.5. The Labute approximate surface area is 238 Å². The molecule has 0 spiro atoms. The monoisotopic (exact) mass is 629 g/mol. The number of amides is 1. The molecule has 0 bridgehead atoms. The molecule has 0 unspecified atom stereocenters. The van der Waals surface area contributed by atoms with Crippen molar-refractivity contribution in [3.63, 3.8) is 0 Å². The number of primary sulfonamides is 1. The minimum Gasteiger partial charge on any atom is -0.475 e. The van der Waals surface area contributed by atoms with E-state index in [0.29, 0.717) is 27.8 Å². The van der Waals surface area contributed by atoms with Gasteiger partial charge >= 0.3 is 12.1 Å². The maximum Gasteiger partial charge on any atom is 0.490 e. The van der Waals surface area contributed by atoms with Crippen LogP contribution in [0.25, 0.3) is 11.1 Å². The third-order valence-electron chi connectivity index (χ3n) is 5.34. The van der Waals surface area contributed by atoms with Gasteiger partial charge in [0.1, 0.15) is 5.84 Å². The van der Waals surface area contributed by atoms with E-state index in [-0.39, 0.29) is 17.2 Å². The van der Waals surface area contributed by atoms with Gasteiger partial charge in [-0.3, -0.25) is 14.9 Å². The number of amidine groups is 1. The second-order valence-electron chi connectivity index (χ2n) is 8.69. The van der Waals surface area contributed by atoms with Gasteiger partial charge in [-0.25, -0.2) is 26.8 Å². The van der Waals surface area contributed by atoms with E-state index in [1.807, 2.05) is 4.72 Å². The van der Waals surface area contributed by atoms with E-state index in [9.17, 15) is 34.8 Å². The zero-order valence-electron chi connectivity index (χ0n) is 21.5. The molecule has 3 aromatic carbocycles. The lowest BCUT2D eigenvalue weighted by molar-refractivity contribution is -0.192. The van der Waals surface area contributed by atoms with Crippen molar-refractivity contribution >= 4 is 37.8 Å². The van der Waals surface area contributed by atoms with Gasteiger partial charge in [0, 0.05) is 11.1 Å². The van der Waals surface area contributed by atoms with Crippen LogP contribution in [0.1, 0.15) is 16.7 Å². The number of nitrogens with two attached hydrogens (primary N) is 3. The van der Waals surface area contributed by atoms with Gasteiger partial charge in [-0.15, -0.1) is 0 Å². The van der Waals surface area contributed by atoms with Crippen LogP contribution in [0, 0.1) is 5.41 Å². The van der Waals surface area contributed by atoms with Gasteiger partial charge in [0.05, 0.1) is 16.7 Å². The number of nitrogen functional groups attached to an aromatic ring is 1. The Kier molecular flexibility index (Phi) is 10.9. The van der Waals surface area contributed by atoms with Gasteiger partial charge in [-0.05, 0) is 35.2 Å². The number of aliphatic carboxylic acids is 1. The highest BCUT2D eigenvalue weighted by molar-refractivity contribution is 7.89. The van der Waals surface area contributed by atoms with E-state index in [1.165, 1.54) is 18.2 Å². The van der Waals surface area contributed by atoms with Crippen LogP contribution in [0.5, 0.6) is 0 Å². The average molecular weight is 630 g/mol. The molecule has 17 heteroatoms. The zero-order chi connectivity index (χ0) is 31.9. The Morgan fingerprint density at radius 3 is 2.02 bits per heavy atom. The third-order valence-corrected chi connectivity index (χ3v) is 7.54. The number of carbonyl (C=O) groups excluding carboxylic acids is 1. The summed E-state index contributed by atoms with van der Waals surface area (Å²) in [6.07, 6.45) is -5.03. The number of rotatable bonds is 9. The molecule has 42 heavy (non-hydrogen) atoms. The highest BCUT2D eigenvalue weighted by atomic mass is 32.2. The quantitative estimate of drug-likeness (QED) is 0.148. The lowest BCUT2D eigenvalue weighted by Crippen LogP contribution is -2.44. The van der Waals surface area contributed by atoms with E-state index < -0.39 is 49.9 Å². The summed E-state index contributed by atoms with van der Waals surface area (Å²) in [6, 6.07) is 17.9. The largest absolute Gasteiger partial charge is 0.490 e. The summed E-state index contributed by atoms with van der Waals surface area (Å²) in [5.41, 5.74) is 13.8. The predicted octanol–water partition coefficient (Wildman–Crippen LogP) is 1.43. The summed E-state index contributed by atoms with van der Waals surface area (Å²) in [5, 5.41) is 19.9. The Balaban J connectivity index is 0.000000782. The Hall–Kier alpha value is -4.32. The number of carboxylic acids is 1. The van der Waals surface area contributed by atoms with E-state index in [1.54, 1.807) is 54.6 Å². The lowest BCUT2D eigenvalue weighted by atomic mass is 10.0. The summed E-state index contributed by atoms with van der Waals surface area (Å²) in [7, 11) is -7.99. The Morgan fingerprint density at radius 2 is 1.50 bits per heavy atom. The molecule has 0 fully saturated rings. The molecule has 1 atom stereocenters. The molecule has 226 valence electrons. The Bertz CT molecular complexity index is 1680. The van der Waals surface area contributed by atoms with Crippen LogP contribution in [-0.2, 0) is 41.8 Å². The maximum atomic E-state index is 12.5. The average Bonchev–Trinajstić information content (AvgIpc) is 2.88. The normalized spacial score (nSPS) is 12.4. The number of hydrogen-bond acceptors (Lipinski definition) is 8. The number of carboxylic acid groups (broad SMARTS) is 1. The molecule has 0 heterocycles. The zero-order valence-corrected chi connectivity index (χ0v) is 23.1. The highest BCUT2D eigenvalue weighted by Crippen LogP contribution is 2.27. The molecule has 9 N–H and O–H groups in total. The van der Waals surface area contributed by atoms with Crippen molar-refractivity contribution in [1.82, 2.24) is 4.72 Å². The van der Waals surface area contributed by atoms with Gasteiger partial charge in [0.2, 0.25) is 20.0 Å². The van der Waals surface area contributed by atoms with Crippen LogP contribution in [0.3, 0.4) is 0 Å². The fraction of sp³-hybridized carbons (Fsp3) is 0.160. The van der Waals surface area contributed by atoms with Crippen LogP contribution in [0.2, 0.25) is 0 Å². The number of alkyl halides is 3. The van der Waals surface area contributed by atoms with Crippen molar-refractivity contribution in [2.45, 2.75) is 29.3 Å².